The van der Waals surface area contributed by atoms with Gasteiger partial charge in [-0.25, -0.2) is 0 Å². The lowest BCUT2D eigenvalue weighted by atomic mass is 10.1. The summed E-state index contributed by atoms with van der Waals surface area (Å²) in [5.74, 6) is -0.970. The molecule has 154 valence electrons. The molecule has 0 saturated heterocycles. The van der Waals surface area contributed by atoms with E-state index in [-0.39, 0.29) is 28.7 Å². The summed E-state index contributed by atoms with van der Waals surface area (Å²) < 4.78 is 47.5. The Kier molecular flexibility index (Phi) is 6.05. The molecule has 0 aromatic heterocycles. The fourth-order valence-electron chi connectivity index (χ4n) is 2.83. The Morgan fingerprint density at radius 1 is 0.966 bits per heavy atom. The van der Waals surface area contributed by atoms with Crippen molar-refractivity contribution in [3.8, 4) is 0 Å². The van der Waals surface area contributed by atoms with Gasteiger partial charge < -0.3 is 4.52 Å². The van der Waals surface area contributed by atoms with Crippen molar-refractivity contribution in [2.75, 3.05) is 26.2 Å². The Morgan fingerprint density at radius 2 is 1.52 bits per heavy atom. The second-order valence-electron chi connectivity index (χ2n) is 6.54. The van der Waals surface area contributed by atoms with Gasteiger partial charge in [0.2, 0.25) is 7.37 Å². The minimum atomic E-state index is -4.12. The van der Waals surface area contributed by atoms with E-state index in [4.69, 9.17) is 8.71 Å². The Morgan fingerprint density at radius 3 is 2.03 bits per heavy atom. The minimum Gasteiger partial charge on any atom is -0.330 e. The number of amides is 2. The Balaban J connectivity index is 1.66. The minimum absolute atomic E-state index is 0.0638. The Bertz CT molecular complexity index is 1060. The zero-order valence-corrected chi connectivity index (χ0v) is 17.6. The van der Waals surface area contributed by atoms with E-state index in [0.29, 0.717) is 0 Å². The number of imide groups is 1. The van der Waals surface area contributed by atoms with Crippen LogP contribution in [0.2, 0.25) is 0 Å². The molecule has 1 aliphatic heterocycles. The molecule has 0 N–H and O–H groups in total. The van der Waals surface area contributed by atoms with Crippen LogP contribution in [0.4, 0.5) is 0 Å². The average Bonchev–Trinajstić information content (AvgIpc) is 2.96. The first-order valence-electron chi connectivity index (χ1n) is 8.72. The van der Waals surface area contributed by atoms with E-state index in [9.17, 15) is 22.6 Å². The van der Waals surface area contributed by atoms with Gasteiger partial charge in [-0.2, -0.15) is 8.42 Å². The van der Waals surface area contributed by atoms with Crippen LogP contribution in [0.15, 0.2) is 53.4 Å². The molecular formula is C19H20NO7PS. The highest BCUT2D eigenvalue weighted by atomic mass is 32.2. The Labute approximate surface area is 169 Å². The summed E-state index contributed by atoms with van der Waals surface area (Å²) in [6.07, 6.45) is -0.915. The summed E-state index contributed by atoms with van der Waals surface area (Å²) in [6.45, 7) is 1.64. The molecule has 1 atom stereocenters. The summed E-state index contributed by atoms with van der Waals surface area (Å²) in [5.41, 5.74) is 1.44. The number of hydrogen-bond donors (Lipinski definition) is 0. The molecule has 29 heavy (non-hydrogen) atoms. The maximum atomic E-state index is 12.9. The van der Waals surface area contributed by atoms with Crippen LogP contribution in [-0.2, 0) is 23.4 Å². The van der Waals surface area contributed by atoms with Crippen molar-refractivity contribution in [3.05, 3.63) is 65.2 Å². The number of aryl methyl sites for hydroxylation is 1. The van der Waals surface area contributed by atoms with Crippen LogP contribution in [-0.4, -0.2) is 51.3 Å². The van der Waals surface area contributed by atoms with Crippen LogP contribution in [0.3, 0.4) is 0 Å². The lowest BCUT2D eigenvalue weighted by Gasteiger charge is -2.19. The number of hydrogen-bond acceptors (Lipinski definition) is 7. The number of benzene rings is 2. The van der Waals surface area contributed by atoms with E-state index >= 15 is 0 Å². The zero-order chi connectivity index (χ0) is 21.2. The summed E-state index contributed by atoms with van der Waals surface area (Å²) >= 11 is 0. The molecule has 0 spiro atoms. The second kappa shape index (κ2) is 8.20. The third-order valence-corrected chi connectivity index (χ3v) is 8.11. The molecule has 2 aromatic rings. The van der Waals surface area contributed by atoms with Gasteiger partial charge in [0.1, 0.15) is 6.35 Å². The van der Waals surface area contributed by atoms with Gasteiger partial charge in [-0.3, -0.25) is 23.2 Å². The van der Waals surface area contributed by atoms with Gasteiger partial charge >= 0.3 is 0 Å². The summed E-state index contributed by atoms with van der Waals surface area (Å²) in [4.78, 5) is 25.7. The number of nitrogens with zero attached hydrogens (tertiary/aromatic N) is 1. The lowest BCUT2D eigenvalue weighted by Crippen LogP contribution is -2.32. The predicted molar refractivity (Wildman–Crippen MR) is 106 cm³/mol. The third kappa shape index (κ3) is 4.48. The molecule has 0 radical (unpaired) electrons. The summed E-state index contributed by atoms with van der Waals surface area (Å²) in [6, 6.07) is 12.4. The van der Waals surface area contributed by atoms with Crippen molar-refractivity contribution >= 4 is 29.3 Å². The second-order valence-corrected chi connectivity index (χ2v) is 10.9. The van der Waals surface area contributed by atoms with Gasteiger partial charge in [-0.05, 0) is 31.2 Å². The molecule has 10 heteroatoms. The normalized spacial score (nSPS) is 16.0. The fourth-order valence-corrected chi connectivity index (χ4v) is 5.55. The predicted octanol–water partition coefficient (Wildman–Crippen LogP) is 2.88. The first-order chi connectivity index (χ1) is 13.7. The van der Waals surface area contributed by atoms with Crippen LogP contribution in [0.25, 0.3) is 0 Å². The highest BCUT2D eigenvalue weighted by molar-refractivity contribution is 7.87. The number of carbonyl (C=O) groups is 2. The van der Waals surface area contributed by atoms with Crippen LogP contribution in [0.5, 0.6) is 0 Å². The van der Waals surface area contributed by atoms with E-state index in [2.05, 4.69) is 0 Å². The van der Waals surface area contributed by atoms with Gasteiger partial charge in [0.15, 0.2) is 0 Å². The van der Waals surface area contributed by atoms with Gasteiger partial charge in [-0.15, -0.1) is 0 Å². The van der Waals surface area contributed by atoms with Crippen LogP contribution in [0.1, 0.15) is 26.3 Å². The largest absolute Gasteiger partial charge is 0.330 e. The topological polar surface area (TPSA) is 107 Å². The molecule has 0 saturated carbocycles. The van der Waals surface area contributed by atoms with Crippen molar-refractivity contribution in [1.82, 2.24) is 4.90 Å². The third-order valence-electron chi connectivity index (χ3n) is 4.59. The number of rotatable bonds is 8. The van der Waals surface area contributed by atoms with E-state index in [1.165, 1.54) is 19.2 Å². The van der Waals surface area contributed by atoms with Gasteiger partial charge in [0.25, 0.3) is 21.9 Å². The van der Waals surface area contributed by atoms with Crippen LogP contribution < -0.4 is 0 Å². The van der Waals surface area contributed by atoms with Crippen LogP contribution in [0, 0.1) is 6.92 Å². The number of carbonyl (C=O) groups excluding carboxylic acids is 2. The first kappa shape index (κ1) is 21.4. The van der Waals surface area contributed by atoms with E-state index in [0.717, 1.165) is 10.5 Å². The van der Waals surface area contributed by atoms with E-state index in [1.807, 2.05) is 6.92 Å². The first-order valence-corrected chi connectivity index (χ1v) is 12.1. The van der Waals surface area contributed by atoms with Crippen LogP contribution >= 0.6 is 7.37 Å². The standard InChI is InChI=1S/C19H20NO7PS/c1-14-7-9-15(10-8-14)29(24,25)27-13-28(23,26-2)12-11-20-18(21)16-5-3-4-6-17(16)19(20)22/h3-10H,11-13H2,1-2H3. The van der Waals surface area contributed by atoms with E-state index < -0.39 is 35.6 Å². The van der Waals surface area contributed by atoms with Gasteiger partial charge in [0.05, 0.1) is 16.0 Å². The molecule has 8 nitrogen and oxygen atoms in total. The molecule has 2 aromatic carbocycles. The smallest absolute Gasteiger partial charge is 0.297 e. The number of fused-ring (bicyclic) bond motifs is 1. The highest BCUT2D eigenvalue weighted by Crippen LogP contribution is 2.46. The molecule has 0 fully saturated rings. The molecule has 2 amide bonds. The van der Waals surface area contributed by atoms with Crippen molar-refractivity contribution in [2.45, 2.75) is 11.8 Å². The molecule has 1 aliphatic rings. The SMILES string of the molecule is COP(=O)(CCN1C(=O)c2ccccc2C1=O)COS(=O)(=O)c1ccc(C)cc1. The maximum Gasteiger partial charge on any atom is 0.297 e. The van der Waals surface area contributed by atoms with Crippen molar-refractivity contribution in [2.24, 2.45) is 0 Å². The summed E-state index contributed by atoms with van der Waals surface area (Å²) in [5, 5.41) is 0. The molecule has 1 heterocycles. The van der Waals surface area contributed by atoms with Crippen molar-refractivity contribution in [1.29, 1.82) is 0 Å². The zero-order valence-electron chi connectivity index (χ0n) is 15.9. The fraction of sp³-hybridized carbons (Fsp3) is 0.263. The maximum absolute atomic E-state index is 12.9. The molecule has 0 bridgehead atoms. The molecule has 1 unspecified atom stereocenters. The highest BCUT2D eigenvalue weighted by Gasteiger charge is 2.37. The van der Waals surface area contributed by atoms with E-state index in [1.54, 1.807) is 36.4 Å². The van der Waals surface area contributed by atoms with Crippen molar-refractivity contribution < 1.29 is 31.3 Å². The quantitative estimate of drug-likeness (QED) is 0.355. The lowest BCUT2D eigenvalue weighted by molar-refractivity contribution is 0.0663. The Hall–Kier alpha value is -2.32. The summed E-state index contributed by atoms with van der Waals surface area (Å²) in [7, 11) is -6.53. The van der Waals surface area contributed by atoms with Crippen molar-refractivity contribution in [3.63, 3.8) is 0 Å². The molecule has 3 rings (SSSR count). The van der Waals surface area contributed by atoms with Gasteiger partial charge in [-0.1, -0.05) is 29.8 Å². The average molecular weight is 437 g/mol. The molecular weight excluding hydrogens is 417 g/mol. The molecule has 0 aliphatic carbocycles. The van der Waals surface area contributed by atoms with Gasteiger partial charge in [0, 0.05) is 19.8 Å². The monoisotopic (exact) mass is 437 g/mol.